The topological polar surface area (TPSA) is 73.7 Å². The minimum absolute atomic E-state index is 0.0223. The highest BCUT2D eigenvalue weighted by molar-refractivity contribution is 5.98. The summed E-state index contributed by atoms with van der Waals surface area (Å²) in [4.78, 5) is 33.6. The molecule has 2 aliphatic rings. The number of aliphatic hydroxyl groups excluding tert-OH is 1. The van der Waals surface area contributed by atoms with E-state index >= 15 is 0 Å². The van der Waals surface area contributed by atoms with Crippen LogP contribution in [0.4, 0.5) is 0 Å². The molecule has 0 radical (unpaired) electrons. The maximum absolute atomic E-state index is 13.2. The largest absolute Gasteiger partial charge is 0.396 e. The summed E-state index contributed by atoms with van der Waals surface area (Å²) in [5, 5.41) is 10.9. The lowest BCUT2D eigenvalue weighted by molar-refractivity contribution is -0.136. The second-order valence-corrected chi connectivity index (χ2v) is 9.04. The number of piperidine rings is 1. The zero-order valence-corrected chi connectivity index (χ0v) is 17.8. The fourth-order valence-corrected chi connectivity index (χ4v) is 5.09. The van der Waals surface area contributed by atoms with Gasteiger partial charge < -0.3 is 14.9 Å². The molecule has 2 aliphatic heterocycles. The first kappa shape index (κ1) is 20.8. The summed E-state index contributed by atoms with van der Waals surface area (Å²) in [5.74, 6) is 1.11. The Labute approximate surface area is 177 Å². The molecule has 1 aromatic carbocycles. The van der Waals surface area contributed by atoms with Crippen molar-refractivity contribution < 1.29 is 14.7 Å². The van der Waals surface area contributed by atoms with Crippen molar-refractivity contribution >= 4 is 22.7 Å². The van der Waals surface area contributed by atoms with Crippen molar-refractivity contribution in [3.05, 3.63) is 42.1 Å². The second-order valence-electron chi connectivity index (χ2n) is 9.04. The van der Waals surface area contributed by atoms with Gasteiger partial charge in [0.05, 0.1) is 5.52 Å². The molecule has 1 aromatic heterocycles. The van der Waals surface area contributed by atoms with Crippen LogP contribution in [0.25, 0.3) is 10.9 Å². The zero-order valence-electron chi connectivity index (χ0n) is 17.8. The van der Waals surface area contributed by atoms with Gasteiger partial charge in [-0.2, -0.15) is 0 Å². The standard InChI is InChI=1S/C24H31N3O3/c1-16(2)23(29)26-10-7-17(8-11-26)21-14-27(13-20(21)15-28)24(30)19-5-6-22-18(12-19)4-3-9-25-22/h3-6,9,12,16-17,20-21,28H,7-8,10-11,13-15H2,1-2H3/t20-,21-/m0/s1. The summed E-state index contributed by atoms with van der Waals surface area (Å²) in [6.45, 7) is 6.82. The highest BCUT2D eigenvalue weighted by atomic mass is 16.3. The molecule has 1 N–H and O–H groups in total. The average Bonchev–Trinajstić information content (AvgIpc) is 3.22. The maximum Gasteiger partial charge on any atom is 0.253 e. The lowest BCUT2D eigenvalue weighted by atomic mass is 9.78. The molecule has 0 aliphatic carbocycles. The van der Waals surface area contributed by atoms with Gasteiger partial charge in [0.25, 0.3) is 5.91 Å². The molecule has 6 heteroatoms. The first-order valence-corrected chi connectivity index (χ1v) is 11.0. The van der Waals surface area contributed by atoms with Crippen LogP contribution in [0.3, 0.4) is 0 Å². The van der Waals surface area contributed by atoms with Gasteiger partial charge in [0.1, 0.15) is 0 Å². The summed E-state index contributed by atoms with van der Waals surface area (Å²) < 4.78 is 0. The number of benzene rings is 1. The van der Waals surface area contributed by atoms with E-state index in [9.17, 15) is 14.7 Å². The van der Waals surface area contributed by atoms with Crippen molar-refractivity contribution in [2.75, 3.05) is 32.8 Å². The Hall–Kier alpha value is -2.47. The number of hydrogen-bond donors (Lipinski definition) is 1. The molecule has 2 saturated heterocycles. The zero-order chi connectivity index (χ0) is 21.3. The Morgan fingerprint density at radius 3 is 2.60 bits per heavy atom. The van der Waals surface area contributed by atoms with E-state index < -0.39 is 0 Å². The first-order chi connectivity index (χ1) is 14.5. The average molecular weight is 410 g/mol. The number of aromatic nitrogens is 1. The summed E-state index contributed by atoms with van der Waals surface area (Å²) in [6.07, 6.45) is 3.65. The lowest BCUT2D eigenvalue weighted by Gasteiger charge is -2.37. The Balaban J connectivity index is 1.43. The van der Waals surface area contributed by atoms with Crippen molar-refractivity contribution in [2.24, 2.45) is 23.7 Å². The number of nitrogens with zero attached hydrogens (tertiary/aromatic N) is 3. The molecule has 4 rings (SSSR count). The number of carbonyl (C=O) groups excluding carboxylic acids is 2. The van der Waals surface area contributed by atoms with Crippen molar-refractivity contribution in [1.29, 1.82) is 0 Å². The fourth-order valence-electron chi connectivity index (χ4n) is 5.09. The third-order valence-electron chi connectivity index (χ3n) is 6.81. The minimum atomic E-state index is 0.0223. The van der Waals surface area contributed by atoms with Crippen molar-refractivity contribution in [1.82, 2.24) is 14.8 Å². The van der Waals surface area contributed by atoms with Crippen molar-refractivity contribution in [3.8, 4) is 0 Å². The third kappa shape index (κ3) is 4.06. The molecule has 2 fully saturated rings. The van der Waals surface area contributed by atoms with Gasteiger partial charge in [0.2, 0.25) is 5.91 Å². The van der Waals surface area contributed by atoms with E-state index in [0.29, 0.717) is 24.6 Å². The number of likely N-dealkylation sites (tertiary alicyclic amines) is 2. The summed E-state index contributed by atoms with van der Waals surface area (Å²) in [7, 11) is 0. The molecule has 160 valence electrons. The van der Waals surface area contributed by atoms with Gasteiger partial charge in [0, 0.05) is 61.8 Å². The third-order valence-corrected chi connectivity index (χ3v) is 6.81. The van der Waals surface area contributed by atoms with Gasteiger partial charge in [-0.3, -0.25) is 14.6 Å². The van der Waals surface area contributed by atoms with Crippen LogP contribution in [0.15, 0.2) is 36.5 Å². The Kier molecular flexibility index (Phi) is 6.04. The molecular weight excluding hydrogens is 378 g/mol. The SMILES string of the molecule is CC(C)C(=O)N1CCC([C@@H]2CN(C(=O)c3ccc4ncccc4c3)C[C@H]2CO)CC1. The monoisotopic (exact) mass is 409 g/mol. The summed E-state index contributed by atoms with van der Waals surface area (Å²) in [5.41, 5.74) is 1.55. The van der Waals surface area contributed by atoms with Gasteiger partial charge in [0.15, 0.2) is 0 Å². The molecule has 0 bridgehead atoms. The normalized spacial score (nSPS) is 22.8. The van der Waals surface area contributed by atoms with E-state index in [2.05, 4.69) is 4.98 Å². The Morgan fingerprint density at radius 2 is 1.90 bits per heavy atom. The van der Waals surface area contributed by atoms with Gasteiger partial charge in [-0.15, -0.1) is 0 Å². The smallest absolute Gasteiger partial charge is 0.253 e. The van der Waals surface area contributed by atoms with Gasteiger partial charge >= 0.3 is 0 Å². The second kappa shape index (κ2) is 8.72. The summed E-state index contributed by atoms with van der Waals surface area (Å²) in [6, 6.07) is 9.48. The predicted octanol–water partition coefficient (Wildman–Crippen LogP) is 2.81. The van der Waals surface area contributed by atoms with Crippen molar-refractivity contribution in [2.45, 2.75) is 26.7 Å². The highest BCUT2D eigenvalue weighted by Gasteiger charge is 2.41. The molecule has 0 spiro atoms. The Morgan fingerprint density at radius 1 is 1.13 bits per heavy atom. The molecule has 2 atom stereocenters. The quantitative estimate of drug-likeness (QED) is 0.843. The van der Waals surface area contributed by atoms with E-state index in [-0.39, 0.29) is 36.2 Å². The van der Waals surface area contributed by atoms with Gasteiger partial charge in [-0.05, 0) is 48.9 Å². The molecule has 6 nitrogen and oxygen atoms in total. The molecule has 0 unspecified atom stereocenters. The van der Waals surface area contributed by atoms with E-state index in [1.165, 1.54) is 0 Å². The van der Waals surface area contributed by atoms with Gasteiger partial charge in [-0.25, -0.2) is 0 Å². The first-order valence-electron chi connectivity index (χ1n) is 11.0. The number of pyridine rings is 1. The van der Waals surface area contributed by atoms with Crippen LogP contribution in [0.2, 0.25) is 0 Å². The van der Waals surface area contributed by atoms with E-state index in [0.717, 1.165) is 36.8 Å². The maximum atomic E-state index is 13.2. The number of aliphatic hydroxyl groups is 1. The molecule has 0 saturated carbocycles. The van der Waals surface area contributed by atoms with Crippen LogP contribution in [-0.4, -0.2) is 64.5 Å². The van der Waals surface area contributed by atoms with Crippen LogP contribution in [-0.2, 0) is 4.79 Å². The molecule has 2 aromatic rings. The number of rotatable bonds is 4. The van der Waals surface area contributed by atoms with Crippen LogP contribution in [0, 0.1) is 23.7 Å². The fraction of sp³-hybridized carbons (Fsp3) is 0.542. The number of carbonyl (C=O) groups is 2. The van der Waals surface area contributed by atoms with Crippen molar-refractivity contribution in [3.63, 3.8) is 0 Å². The van der Waals surface area contributed by atoms with Gasteiger partial charge in [-0.1, -0.05) is 19.9 Å². The number of fused-ring (bicyclic) bond motifs is 1. The number of amides is 2. The van der Waals surface area contributed by atoms with Crippen LogP contribution in [0.1, 0.15) is 37.0 Å². The van der Waals surface area contributed by atoms with E-state index in [1.54, 1.807) is 6.20 Å². The van der Waals surface area contributed by atoms with E-state index in [1.807, 2.05) is 54.0 Å². The van der Waals surface area contributed by atoms with Crippen LogP contribution < -0.4 is 0 Å². The van der Waals surface area contributed by atoms with E-state index in [4.69, 9.17) is 0 Å². The molecule has 30 heavy (non-hydrogen) atoms. The predicted molar refractivity (Wildman–Crippen MR) is 116 cm³/mol. The summed E-state index contributed by atoms with van der Waals surface area (Å²) >= 11 is 0. The number of hydrogen-bond acceptors (Lipinski definition) is 4. The van der Waals surface area contributed by atoms with Crippen LogP contribution >= 0.6 is 0 Å². The highest BCUT2D eigenvalue weighted by Crippen LogP contribution is 2.36. The Bertz CT molecular complexity index is 921. The molecule has 3 heterocycles. The van der Waals surface area contributed by atoms with Crippen LogP contribution in [0.5, 0.6) is 0 Å². The minimum Gasteiger partial charge on any atom is -0.396 e. The molecular formula is C24H31N3O3. The molecule has 2 amide bonds. The lowest BCUT2D eigenvalue weighted by Crippen LogP contribution is -2.43.